The Morgan fingerprint density at radius 2 is 2.44 bits per heavy atom. The van der Waals surface area contributed by atoms with Gasteiger partial charge in [0.05, 0.1) is 18.0 Å². The Morgan fingerprint density at radius 1 is 1.72 bits per heavy atom. The van der Waals surface area contributed by atoms with Gasteiger partial charge in [-0.25, -0.2) is 13.1 Å². The number of nitrogens with zero attached hydrogens (tertiary/aromatic N) is 1. The lowest BCUT2D eigenvalue weighted by molar-refractivity contribution is -0.0228. The zero-order valence-corrected chi connectivity index (χ0v) is 11.1. The third kappa shape index (κ3) is 2.41. The summed E-state index contributed by atoms with van der Waals surface area (Å²) in [6.45, 7) is 3.72. The lowest BCUT2D eigenvalue weighted by Gasteiger charge is -2.25. The summed E-state index contributed by atoms with van der Waals surface area (Å²) in [6.07, 6.45) is 1.28. The van der Waals surface area contributed by atoms with Crippen molar-refractivity contribution in [2.45, 2.75) is 36.9 Å². The smallest absolute Gasteiger partial charge is 0.244 e. The highest BCUT2D eigenvalue weighted by atomic mass is 32.2. The Hall–Kier alpha value is -0.960. The van der Waals surface area contributed by atoms with Crippen LogP contribution in [0.4, 0.5) is 0 Å². The van der Waals surface area contributed by atoms with Crippen LogP contribution in [-0.4, -0.2) is 48.6 Å². The van der Waals surface area contributed by atoms with Gasteiger partial charge in [-0.05, 0) is 13.8 Å². The molecule has 1 fully saturated rings. The first-order valence-electron chi connectivity index (χ1n) is 5.69. The topological polar surface area (TPSA) is 104 Å². The minimum Gasteiger partial charge on any atom is -0.386 e. The molecule has 0 saturated carbocycles. The van der Waals surface area contributed by atoms with E-state index in [9.17, 15) is 13.5 Å². The van der Waals surface area contributed by atoms with E-state index in [2.05, 4.69) is 14.9 Å². The summed E-state index contributed by atoms with van der Waals surface area (Å²) < 4.78 is 31.6. The Kier molecular flexibility index (Phi) is 3.45. The second-order valence-corrected chi connectivity index (χ2v) is 6.29. The Bertz CT molecular complexity index is 527. The molecule has 0 bridgehead atoms. The first-order valence-corrected chi connectivity index (χ1v) is 7.17. The first kappa shape index (κ1) is 13.5. The molecule has 1 saturated heterocycles. The molecule has 2 heterocycles. The maximum atomic E-state index is 12.0. The van der Waals surface area contributed by atoms with Gasteiger partial charge in [0.1, 0.15) is 10.5 Å². The van der Waals surface area contributed by atoms with E-state index >= 15 is 0 Å². The number of aryl methyl sites for hydroxylation is 1. The first-order chi connectivity index (χ1) is 8.35. The van der Waals surface area contributed by atoms with E-state index in [-0.39, 0.29) is 17.5 Å². The fraction of sp³-hybridized carbons (Fsp3) is 0.700. The standard InChI is InChI=1S/C10H17N3O4S/c1-7-9(5-11-13-7)18(15,16)12-6-10(14)3-4-17-8(10)2/h5,8,12,14H,3-4,6H2,1-2H3,(H,11,13). The van der Waals surface area contributed by atoms with Crippen molar-refractivity contribution in [1.29, 1.82) is 0 Å². The summed E-state index contributed by atoms with van der Waals surface area (Å²) in [5, 5.41) is 16.4. The van der Waals surface area contributed by atoms with Gasteiger partial charge in [-0.15, -0.1) is 0 Å². The van der Waals surface area contributed by atoms with E-state index in [1.807, 2.05) is 0 Å². The molecule has 8 heteroatoms. The van der Waals surface area contributed by atoms with Gasteiger partial charge in [0.25, 0.3) is 0 Å². The van der Waals surface area contributed by atoms with Gasteiger partial charge in [0.2, 0.25) is 10.0 Å². The molecule has 1 aliphatic heterocycles. The van der Waals surface area contributed by atoms with Crippen LogP contribution >= 0.6 is 0 Å². The summed E-state index contributed by atoms with van der Waals surface area (Å²) in [4.78, 5) is 0.0951. The second-order valence-electron chi connectivity index (χ2n) is 4.55. The highest BCUT2D eigenvalue weighted by Gasteiger charge is 2.40. The van der Waals surface area contributed by atoms with Crippen molar-refractivity contribution in [1.82, 2.24) is 14.9 Å². The molecule has 1 aromatic rings. The highest BCUT2D eigenvalue weighted by molar-refractivity contribution is 7.89. The van der Waals surface area contributed by atoms with Crippen LogP contribution in [-0.2, 0) is 14.8 Å². The van der Waals surface area contributed by atoms with Crippen LogP contribution in [0.3, 0.4) is 0 Å². The Labute approximate surface area is 106 Å². The quantitative estimate of drug-likeness (QED) is 0.689. The van der Waals surface area contributed by atoms with Gasteiger partial charge in [0, 0.05) is 19.6 Å². The summed E-state index contributed by atoms with van der Waals surface area (Å²) in [5.41, 5.74) is -0.685. The summed E-state index contributed by atoms with van der Waals surface area (Å²) in [7, 11) is -3.66. The number of hydrogen-bond donors (Lipinski definition) is 3. The molecule has 0 aromatic carbocycles. The number of aromatic amines is 1. The molecule has 1 aromatic heterocycles. The van der Waals surface area contributed by atoms with E-state index in [1.165, 1.54) is 6.20 Å². The zero-order valence-electron chi connectivity index (χ0n) is 10.3. The molecular weight excluding hydrogens is 258 g/mol. The Morgan fingerprint density at radius 3 is 2.94 bits per heavy atom. The van der Waals surface area contributed by atoms with Crippen LogP contribution < -0.4 is 4.72 Å². The molecule has 18 heavy (non-hydrogen) atoms. The van der Waals surface area contributed by atoms with Crippen LogP contribution in [0.25, 0.3) is 0 Å². The van der Waals surface area contributed by atoms with E-state index in [0.29, 0.717) is 18.7 Å². The van der Waals surface area contributed by atoms with E-state index < -0.39 is 15.6 Å². The maximum absolute atomic E-state index is 12.0. The SMILES string of the molecule is Cc1[nH]ncc1S(=O)(=O)NCC1(O)CCOC1C. The third-order valence-corrected chi connectivity index (χ3v) is 4.82. The van der Waals surface area contributed by atoms with E-state index in [0.717, 1.165) is 0 Å². The maximum Gasteiger partial charge on any atom is 0.244 e. The molecule has 0 aliphatic carbocycles. The molecule has 0 radical (unpaired) electrons. The monoisotopic (exact) mass is 275 g/mol. The number of ether oxygens (including phenoxy) is 1. The van der Waals surface area contributed by atoms with Gasteiger partial charge >= 0.3 is 0 Å². The summed E-state index contributed by atoms with van der Waals surface area (Å²) in [5.74, 6) is 0. The normalized spacial score (nSPS) is 28.7. The van der Waals surface area contributed by atoms with Gasteiger partial charge in [0.15, 0.2) is 0 Å². The second kappa shape index (κ2) is 4.61. The molecule has 102 valence electrons. The molecule has 1 aliphatic rings. The highest BCUT2D eigenvalue weighted by Crippen LogP contribution is 2.25. The average Bonchev–Trinajstić information content (AvgIpc) is 2.85. The van der Waals surface area contributed by atoms with Crippen LogP contribution in [0, 0.1) is 6.92 Å². The van der Waals surface area contributed by atoms with Gasteiger partial charge in [-0.1, -0.05) is 0 Å². The lowest BCUT2D eigenvalue weighted by atomic mass is 9.97. The van der Waals surface area contributed by atoms with E-state index in [1.54, 1.807) is 13.8 Å². The van der Waals surface area contributed by atoms with Gasteiger partial charge in [-0.3, -0.25) is 5.10 Å². The molecular formula is C10H17N3O4S. The molecule has 7 nitrogen and oxygen atoms in total. The third-order valence-electron chi connectivity index (χ3n) is 3.30. The van der Waals surface area contributed by atoms with Crippen molar-refractivity contribution in [3.05, 3.63) is 11.9 Å². The van der Waals surface area contributed by atoms with Crippen molar-refractivity contribution < 1.29 is 18.3 Å². The zero-order chi connectivity index (χ0) is 13.4. The van der Waals surface area contributed by atoms with Crippen molar-refractivity contribution in [2.75, 3.05) is 13.2 Å². The molecule has 0 amide bonds. The summed E-state index contributed by atoms with van der Waals surface area (Å²) in [6, 6.07) is 0. The van der Waals surface area contributed by atoms with Crippen LogP contribution in [0.2, 0.25) is 0 Å². The minimum atomic E-state index is -3.66. The van der Waals surface area contributed by atoms with E-state index in [4.69, 9.17) is 4.74 Å². The fourth-order valence-corrected chi connectivity index (χ4v) is 3.15. The average molecular weight is 275 g/mol. The number of hydrogen-bond acceptors (Lipinski definition) is 5. The van der Waals surface area contributed by atoms with Gasteiger partial charge in [-0.2, -0.15) is 5.10 Å². The summed E-state index contributed by atoms with van der Waals surface area (Å²) >= 11 is 0. The van der Waals surface area contributed by atoms with Crippen molar-refractivity contribution >= 4 is 10.0 Å². The van der Waals surface area contributed by atoms with Crippen molar-refractivity contribution in [3.63, 3.8) is 0 Å². The number of aromatic nitrogens is 2. The predicted octanol–water partition coefficient (Wildman–Crippen LogP) is -0.464. The van der Waals surface area contributed by atoms with Crippen molar-refractivity contribution in [2.24, 2.45) is 0 Å². The molecule has 2 rings (SSSR count). The van der Waals surface area contributed by atoms with Crippen LogP contribution in [0.15, 0.2) is 11.1 Å². The number of H-pyrrole nitrogens is 1. The fourth-order valence-electron chi connectivity index (χ4n) is 1.91. The predicted molar refractivity (Wildman–Crippen MR) is 63.5 cm³/mol. The van der Waals surface area contributed by atoms with Gasteiger partial charge < -0.3 is 9.84 Å². The molecule has 0 spiro atoms. The number of sulfonamides is 1. The van der Waals surface area contributed by atoms with Crippen molar-refractivity contribution in [3.8, 4) is 0 Å². The van der Waals surface area contributed by atoms with Crippen LogP contribution in [0.5, 0.6) is 0 Å². The molecule has 2 unspecified atom stereocenters. The number of nitrogens with one attached hydrogen (secondary N) is 2. The lowest BCUT2D eigenvalue weighted by Crippen LogP contribution is -2.47. The van der Waals surface area contributed by atoms with Crippen LogP contribution in [0.1, 0.15) is 19.0 Å². The minimum absolute atomic E-state index is 0.0683. The Balaban J connectivity index is 2.09. The largest absolute Gasteiger partial charge is 0.386 e. The number of rotatable bonds is 4. The number of aliphatic hydroxyl groups is 1. The molecule has 3 N–H and O–H groups in total. The molecule has 2 atom stereocenters.